The lowest BCUT2D eigenvalue weighted by molar-refractivity contribution is -0.341. The molecule has 19 nitrogen and oxygen atoms in total. The van der Waals surface area contributed by atoms with Gasteiger partial charge in [0.05, 0.1) is 26.4 Å². The summed E-state index contributed by atoms with van der Waals surface area (Å²) in [5.41, 5.74) is 0.0639. The van der Waals surface area contributed by atoms with Crippen LogP contribution in [0.15, 0.2) is 51.2 Å². The molecule has 0 spiro atoms. The summed E-state index contributed by atoms with van der Waals surface area (Å²) in [5.74, 6) is -1.21. The summed E-state index contributed by atoms with van der Waals surface area (Å²) in [5, 5.41) is 105. The van der Waals surface area contributed by atoms with Gasteiger partial charge in [0, 0.05) is 17.2 Å². The molecule has 3 aliphatic rings. The Balaban J connectivity index is 1.50. The highest BCUT2D eigenvalue weighted by atomic mass is 16.8. The van der Waals surface area contributed by atoms with Crippen molar-refractivity contribution in [1.82, 2.24) is 0 Å². The van der Waals surface area contributed by atoms with Gasteiger partial charge in [-0.15, -0.1) is 0 Å². The monoisotopic (exact) mass is 808 g/mol. The van der Waals surface area contributed by atoms with Crippen molar-refractivity contribution in [3.63, 3.8) is 0 Å². The second-order valence-electron chi connectivity index (χ2n) is 14.4. The topological polar surface area (TPSA) is 297 Å². The third-order valence-corrected chi connectivity index (χ3v) is 10.1. The lowest BCUT2D eigenvalue weighted by atomic mass is 9.98. The van der Waals surface area contributed by atoms with E-state index in [-0.39, 0.29) is 34.6 Å². The third-order valence-electron chi connectivity index (χ3n) is 10.1. The van der Waals surface area contributed by atoms with Gasteiger partial charge < -0.3 is 88.6 Å². The third kappa shape index (κ3) is 8.48. The van der Waals surface area contributed by atoms with Gasteiger partial charge in [0.25, 0.3) is 0 Å². The number of fused-ring (bicyclic) bond motifs is 1. The number of hydrogen-bond acceptors (Lipinski definition) is 19. The molecule has 0 saturated carbocycles. The molecule has 0 radical (unpaired) electrons. The highest BCUT2D eigenvalue weighted by Gasteiger charge is 2.50. The summed E-state index contributed by atoms with van der Waals surface area (Å²) in [6, 6.07) is 7.26. The van der Waals surface area contributed by atoms with Crippen molar-refractivity contribution < 1.29 is 88.6 Å². The Morgan fingerprint density at radius 3 is 2.18 bits per heavy atom. The van der Waals surface area contributed by atoms with E-state index < -0.39 is 122 Å². The van der Waals surface area contributed by atoms with Crippen molar-refractivity contribution in [3.8, 4) is 34.3 Å². The maximum absolute atomic E-state index is 14.7. The van der Waals surface area contributed by atoms with Crippen LogP contribution in [0.4, 0.5) is 0 Å². The average molecular weight is 809 g/mol. The Kier molecular flexibility index (Phi) is 13.1. The lowest BCUT2D eigenvalue weighted by Crippen LogP contribution is -2.62. The van der Waals surface area contributed by atoms with Gasteiger partial charge in [-0.05, 0) is 51.5 Å². The molecule has 14 atom stereocenters. The number of phenolic OH excluding ortho intramolecular Hbond substituents is 1. The van der Waals surface area contributed by atoms with Crippen LogP contribution in [-0.2, 0) is 25.4 Å². The first kappa shape index (κ1) is 42.7. The van der Waals surface area contributed by atoms with Crippen LogP contribution in [0.5, 0.6) is 23.0 Å². The van der Waals surface area contributed by atoms with Crippen molar-refractivity contribution in [1.29, 1.82) is 0 Å². The van der Waals surface area contributed by atoms with Gasteiger partial charge in [-0.25, -0.2) is 0 Å². The van der Waals surface area contributed by atoms with Crippen LogP contribution in [0.1, 0.15) is 26.3 Å². The fourth-order valence-electron chi connectivity index (χ4n) is 6.71. The minimum Gasteiger partial charge on any atom is -0.507 e. The normalized spacial score (nSPS) is 34.5. The van der Waals surface area contributed by atoms with Crippen molar-refractivity contribution in [2.24, 2.45) is 0 Å². The summed E-state index contributed by atoms with van der Waals surface area (Å²) in [6.07, 6.45) is -21.0. The van der Waals surface area contributed by atoms with Crippen molar-refractivity contribution >= 4 is 11.0 Å². The highest BCUT2D eigenvalue weighted by molar-refractivity contribution is 5.91. The zero-order chi connectivity index (χ0) is 41.5. The van der Waals surface area contributed by atoms with Crippen molar-refractivity contribution in [3.05, 3.63) is 57.8 Å². The van der Waals surface area contributed by atoms with Crippen LogP contribution < -0.4 is 19.6 Å². The number of aliphatic hydroxyl groups excluding tert-OH is 9. The number of methoxy groups -OCH3 is 1. The van der Waals surface area contributed by atoms with Gasteiger partial charge in [0.15, 0.2) is 18.2 Å². The molecule has 314 valence electrons. The number of aromatic hydroxyl groups is 1. The standard InChI is InChI=1S/C38H48O19/c1-14(2)5-10-18-21(53-37-31(49)28(46)26(44)22(12-39)54-37)11-19(40)23-27(45)34(32(55-33(18)23)16-6-8-17(50-4)9-7-16)56-38-35(29(47)24(42)15(3)52-38)57-36-30(48)25(43)20(41)13-51-36/h5-9,11,15,20,22,24-26,28-31,35-44,46-49H,10,12-13H2,1-4H3/t15-,20-,22-,24-,25-,26+,28-,29-,30-,31+,35-,36-,37+,38-/m0/s1. The van der Waals surface area contributed by atoms with Gasteiger partial charge in [0.2, 0.25) is 23.8 Å². The Hall–Kier alpha value is -3.93. The molecule has 0 bridgehead atoms. The number of aliphatic hydroxyl groups is 9. The molecule has 19 heteroatoms. The number of hydrogen-bond donors (Lipinski definition) is 10. The van der Waals surface area contributed by atoms with Gasteiger partial charge in [-0.2, -0.15) is 0 Å². The van der Waals surface area contributed by atoms with Crippen LogP contribution >= 0.6 is 0 Å². The maximum Gasteiger partial charge on any atom is 0.239 e. The molecule has 3 aliphatic heterocycles. The molecular formula is C38H48O19. The van der Waals surface area contributed by atoms with Crippen LogP contribution in [0.3, 0.4) is 0 Å². The summed E-state index contributed by atoms with van der Waals surface area (Å²) < 4.78 is 46.5. The molecule has 57 heavy (non-hydrogen) atoms. The number of rotatable bonds is 11. The summed E-state index contributed by atoms with van der Waals surface area (Å²) >= 11 is 0. The zero-order valence-electron chi connectivity index (χ0n) is 31.3. The number of allylic oxidation sites excluding steroid dienone is 2. The predicted molar refractivity (Wildman–Crippen MR) is 193 cm³/mol. The number of ether oxygens (including phenoxy) is 7. The van der Waals surface area contributed by atoms with Crippen molar-refractivity contribution in [2.75, 3.05) is 20.3 Å². The lowest BCUT2D eigenvalue weighted by Gasteiger charge is -2.44. The smallest absolute Gasteiger partial charge is 0.239 e. The Bertz CT molecular complexity index is 1940. The van der Waals surface area contributed by atoms with E-state index in [0.29, 0.717) is 5.75 Å². The fraction of sp³-hybridized carbons (Fsp3) is 0.553. The molecule has 0 unspecified atom stereocenters. The Morgan fingerprint density at radius 1 is 0.842 bits per heavy atom. The van der Waals surface area contributed by atoms with Crippen LogP contribution in [0, 0.1) is 0 Å². The van der Waals surface area contributed by atoms with Gasteiger partial charge in [-0.3, -0.25) is 4.79 Å². The SMILES string of the molecule is COc1ccc(-c2oc3c(CC=C(C)C)c(O[C@@H]4O[C@@H](CO)[C@@H](O)[C@H](O)[C@H]4O)cc(O)c3c(=O)c2O[C@@H]2O[C@@H](C)[C@H](O)[C@H](O)[C@@H]2O[C@@H]2OC[C@H](O)[C@H](O)[C@@H]2O)cc1. The van der Waals surface area contributed by atoms with E-state index in [2.05, 4.69) is 0 Å². The number of benzene rings is 2. The van der Waals surface area contributed by atoms with E-state index in [1.165, 1.54) is 26.2 Å². The molecule has 0 amide bonds. The van der Waals surface area contributed by atoms with Gasteiger partial charge in [-0.1, -0.05) is 11.6 Å². The predicted octanol–water partition coefficient (Wildman–Crippen LogP) is -1.47. The van der Waals surface area contributed by atoms with E-state index in [4.69, 9.17) is 37.6 Å². The van der Waals surface area contributed by atoms with Crippen LogP contribution in [0.2, 0.25) is 0 Å². The molecular weight excluding hydrogens is 760 g/mol. The molecule has 1 aromatic heterocycles. The van der Waals surface area contributed by atoms with Gasteiger partial charge >= 0.3 is 0 Å². The second kappa shape index (κ2) is 17.5. The molecule has 6 rings (SSSR count). The Labute approximate surface area is 325 Å². The molecule has 3 saturated heterocycles. The summed E-state index contributed by atoms with van der Waals surface area (Å²) in [6.45, 7) is 3.84. The first-order valence-electron chi connectivity index (χ1n) is 18.2. The van der Waals surface area contributed by atoms with Crippen LogP contribution in [-0.4, -0.2) is 157 Å². The first-order valence-corrected chi connectivity index (χ1v) is 18.2. The number of phenols is 1. The Morgan fingerprint density at radius 2 is 1.53 bits per heavy atom. The minimum atomic E-state index is -1.81. The molecule has 3 fully saturated rings. The van der Waals surface area contributed by atoms with E-state index in [1.807, 2.05) is 0 Å². The van der Waals surface area contributed by atoms with E-state index in [1.54, 1.807) is 32.1 Å². The molecule has 2 aromatic carbocycles. The van der Waals surface area contributed by atoms with E-state index >= 15 is 0 Å². The second-order valence-corrected chi connectivity index (χ2v) is 14.4. The average Bonchev–Trinajstić information content (AvgIpc) is 3.19. The summed E-state index contributed by atoms with van der Waals surface area (Å²) in [4.78, 5) is 14.7. The molecule has 4 heterocycles. The molecule has 0 aliphatic carbocycles. The first-order chi connectivity index (χ1) is 27.1. The largest absolute Gasteiger partial charge is 0.507 e. The highest BCUT2D eigenvalue weighted by Crippen LogP contribution is 2.42. The maximum atomic E-state index is 14.7. The molecule has 10 N–H and O–H groups in total. The zero-order valence-corrected chi connectivity index (χ0v) is 31.3. The van der Waals surface area contributed by atoms with Crippen LogP contribution in [0.25, 0.3) is 22.3 Å². The van der Waals surface area contributed by atoms with Gasteiger partial charge in [0.1, 0.15) is 83.2 Å². The summed E-state index contributed by atoms with van der Waals surface area (Å²) in [7, 11) is 1.45. The van der Waals surface area contributed by atoms with E-state index in [0.717, 1.165) is 11.6 Å². The quantitative estimate of drug-likeness (QED) is 0.0990. The fourth-order valence-corrected chi connectivity index (χ4v) is 6.71. The van der Waals surface area contributed by atoms with Crippen molar-refractivity contribution in [2.45, 2.75) is 113 Å². The van der Waals surface area contributed by atoms with E-state index in [9.17, 15) is 55.9 Å². The molecule has 3 aromatic rings. The minimum absolute atomic E-state index is 0.0184.